The van der Waals surface area contributed by atoms with Crippen LogP contribution in [0.15, 0.2) is 48.0 Å². The van der Waals surface area contributed by atoms with Crippen molar-refractivity contribution >= 4 is 41.1 Å². The fourth-order valence-corrected chi connectivity index (χ4v) is 2.86. The maximum atomic E-state index is 12.6. The molecule has 3 amide bonds. The van der Waals surface area contributed by atoms with Gasteiger partial charge in [-0.3, -0.25) is 19.8 Å². The minimum Gasteiger partial charge on any atom is -0.493 e. The van der Waals surface area contributed by atoms with E-state index in [1.54, 1.807) is 30.3 Å². The molecule has 0 aliphatic carbocycles. The number of methoxy groups -OCH3 is 1. The average molecular weight is 402 g/mol. The Labute approximate surface area is 165 Å². The first-order valence-electron chi connectivity index (χ1n) is 8.11. The Bertz CT molecular complexity index is 975. The molecule has 1 saturated heterocycles. The van der Waals surface area contributed by atoms with Crippen molar-refractivity contribution in [1.29, 1.82) is 0 Å². The van der Waals surface area contributed by atoms with Crippen LogP contribution in [0.1, 0.15) is 5.56 Å². The van der Waals surface area contributed by atoms with Gasteiger partial charge in [0.2, 0.25) is 0 Å². The molecule has 144 valence electrons. The predicted molar refractivity (Wildman–Crippen MR) is 103 cm³/mol. The van der Waals surface area contributed by atoms with E-state index in [-0.39, 0.29) is 28.7 Å². The second-order valence-corrected chi connectivity index (χ2v) is 6.17. The van der Waals surface area contributed by atoms with Crippen LogP contribution in [0, 0.1) is 0 Å². The molecule has 8 nitrogen and oxygen atoms in total. The van der Waals surface area contributed by atoms with Gasteiger partial charge in [-0.25, -0.2) is 5.01 Å². The number of rotatable bonds is 6. The van der Waals surface area contributed by atoms with Gasteiger partial charge in [-0.1, -0.05) is 29.8 Å². The summed E-state index contributed by atoms with van der Waals surface area (Å²) in [6.07, 6.45) is 1.40. The molecule has 0 saturated carbocycles. The van der Waals surface area contributed by atoms with Crippen LogP contribution in [-0.2, 0) is 14.4 Å². The molecule has 0 spiro atoms. The van der Waals surface area contributed by atoms with Crippen LogP contribution in [0.5, 0.6) is 11.5 Å². The molecular formula is C19H16ClN3O5. The molecule has 1 heterocycles. The molecule has 3 rings (SSSR count). The largest absolute Gasteiger partial charge is 0.493 e. The van der Waals surface area contributed by atoms with Gasteiger partial charge < -0.3 is 15.2 Å². The third-order valence-corrected chi connectivity index (χ3v) is 4.11. The molecule has 1 aliphatic heterocycles. The molecule has 28 heavy (non-hydrogen) atoms. The minimum absolute atomic E-state index is 0.0622. The Morgan fingerprint density at radius 2 is 1.96 bits per heavy atom. The van der Waals surface area contributed by atoms with Gasteiger partial charge in [0, 0.05) is 0 Å². The highest BCUT2D eigenvalue weighted by molar-refractivity contribution is 6.33. The van der Waals surface area contributed by atoms with Crippen molar-refractivity contribution in [3.63, 3.8) is 0 Å². The molecule has 0 bridgehead atoms. The Kier molecular flexibility index (Phi) is 5.51. The number of hydrogen-bond acceptors (Lipinski definition) is 5. The van der Waals surface area contributed by atoms with E-state index in [4.69, 9.17) is 26.8 Å². The zero-order valence-corrected chi connectivity index (χ0v) is 15.5. The van der Waals surface area contributed by atoms with E-state index < -0.39 is 17.7 Å². The van der Waals surface area contributed by atoms with Crippen LogP contribution >= 0.6 is 11.6 Å². The lowest BCUT2D eigenvalue weighted by Gasteiger charge is -2.14. The molecule has 9 heteroatoms. The topological polar surface area (TPSA) is 111 Å². The van der Waals surface area contributed by atoms with E-state index in [0.29, 0.717) is 11.3 Å². The lowest BCUT2D eigenvalue weighted by atomic mass is 10.1. The first-order chi connectivity index (χ1) is 13.4. The fourth-order valence-electron chi connectivity index (χ4n) is 2.59. The van der Waals surface area contributed by atoms with Gasteiger partial charge in [-0.2, -0.15) is 0 Å². The summed E-state index contributed by atoms with van der Waals surface area (Å²) in [6, 6.07) is 11.7. The number of primary amides is 1. The molecule has 0 atom stereocenters. The summed E-state index contributed by atoms with van der Waals surface area (Å²) in [5.41, 5.74) is 8.50. The number of anilines is 1. The van der Waals surface area contributed by atoms with Crippen molar-refractivity contribution in [2.45, 2.75) is 0 Å². The summed E-state index contributed by atoms with van der Waals surface area (Å²) < 4.78 is 10.5. The van der Waals surface area contributed by atoms with Gasteiger partial charge in [0.05, 0.1) is 17.8 Å². The normalized spacial score (nSPS) is 14.9. The maximum absolute atomic E-state index is 12.6. The molecule has 3 N–H and O–H groups in total. The third kappa shape index (κ3) is 3.91. The molecular weight excluding hydrogens is 386 g/mol. The Morgan fingerprint density at radius 3 is 2.61 bits per heavy atom. The Hall–Kier alpha value is -3.52. The zero-order chi connectivity index (χ0) is 20.3. The number of nitrogens with zero attached hydrogens (tertiary/aromatic N) is 1. The number of hydrogen-bond donors (Lipinski definition) is 2. The Balaban J connectivity index is 1.92. The number of ether oxygens (including phenoxy) is 2. The van der Waals surface area contributed by atoms with E-state index in [1.807, 2.05) is 0 Å². The van der Waals surface area contributed by atoms with Gasteiger partial charge >= 0.3 is 0 Å². The first kappa shape index (κ1) is 19.2. The summed E-state index contributed by atoms with van der Waals surface area (Å²) in [5, 5.41) is 1.30. The number of nitrogens with two attached hydrogens (primary N) is 1. The van der Waals surface area contributed by atoms with Gasteiger partial charge in [0.1, 0.15) is 5.57 Å². The Morgan fingerprint density at radius 1 is 1.25 bits per heavy atom. The fraction of sp³-hybridized carbons (Fsp3) is 0.105. The molecule has 1 fully saturated rings. The molecule has 0 radical (unpaired) electrons. The molecule has 0 unspecified atom stereocenters. The third-order valence-electron chi connectivity index (χ3n) is 3.83. The van der Waals surface area contributed by atoms with Crippen LogP contribution in [0.2, 0.25) is 5.02 Å². The van der Waals surface area contributed by atoms with Gasteiger partial charge in [0.15, 0.2) is 18.1 Å². The van der Waals surface area contributed by atoms with Crippen molar-refractivity contribution in [3.05, 3.63) is 58.6 Å². The number of amides is 3. The number of carbonyl (C=O) groups excluding carboxylic acids is 3. The van der Waals surface area contributed by atoms with E-state index in [0.717, 1.165) is 5.01 Å². The quantitative estimate of drug-likeness (QED) is 0.565. The number of hydrazine groups is 1. The predicted octanol–water partition coefficient (Wildman–Crippen LogP) is 1.67. The summed E-state index contributed by atoms with van der Waals surface area (Å²) in [6.45, 7) is -0.372. The van der Waals surface area contributed by atoms with Gasteiger partial charge in [-0.15, -0.1) is 0 Å². The van der Waals surface area contributed by atoms with E-state index >= 15 is 0 Å². The summed E-state index contributed by atoms with van der Waals surface area (Å²) in [5.74, 6) is -1.35. The lowest BCUT2D eigenvalue weighted by Crippen LogP contribution is -2.35. The van der Waals surface area contributed by atoms with E-state index in [2.05, 4.69) is 5.43 Å². The van der Waals surface area contributed by atoms with Crippen LogP contribution in [-0.4, -0.2) is 31.4 Å². The number of nitrogens with one attached hydrogen (secondary N) is 1. The first-order valence-corrected chi connectivity index (χ1v) is 8.49. The molecule has 1 aliphatic rings. The summed E-state index contributed by atoms with van der Waals surface area (Å²) in [4.78, 5) is 35.8. The summed E-state index contributed by atoms with van der Waals surface area (Å²) in [7, 11) is 1.39. The highest BCUT2D eigenvalue weighted by Crippen LogP contribution is 2.37. The standard InChI is InChI=1S/C19H16ClN3O5/c1-27-15-9-11(8-14(20)17(15)28-10-16(21)24)7-13-18(25)22-23(19(13)26)12-5-3-2-4-6-12/h2-9H,10H2,1H3,(H2,21,24)(H,22,25)/b13-7-. The van der Waals surface area contributed by atoms with Crippen molar-refractivity contribution in [2.24, 2.45) is 5.73 Å². The smallest absolute Gasteiger partial charge is 0.282 e. The van der Waals surface area contributed by atoms with E-state index in [1.165, 1.54) is 25.3 Å². The number of halogens is 1. The summed E-state index contributed by atoms with van der Waals surface area (Å²) >= 11 is 6.20. The zero-order valence-electron chi connectivity index (χ0n) is 14.8. The average Bonchev–Trinajstić information content (AvgIpc) is 2.95. The number of carbonyl (C=O) groups is 3. The van der Waals surface area contributed by atoms with Crippen LogP contribution in [0.4, 0.5) is 5.69 Å². The van der Waals surface area contributed by atoms with Gasteiger partial charge in [0.25, 0.3) is 17.7 Å². The van der Waals surface area contributed by atoms with Crippen molar-refractivity contribution in [3.8, 4) is 11.5 Å². The second-order valence-electron chi connectivity index (χ2n) is 5.76. The van der Waals surface area contributed by atoms with Crippen molar-refractivity contribution < 1.29 is 23.9 Å². The molecule has 2 aromatic carbocycles. The van der Waals surface area contributed by atoms with Crippen LogP contribution in [0.25, 0.3) is 6.08 Å². The number of para-hydroxylation sites is 1. The van der Waals surface area contributed by atoms with Gasteiger partial charge in [-0.05, 0) is 35.9 Å². The molecule has 2 aromatic rings. The highest BCUT2D eigenvalue weighted by atomic mass is 35.5. The van der Waals surface area contributed by atoms with Crippen molar-refractivity contribution in [2.75, 3.05) is 18.7 Å². The second kappa shape index (κ2) is 8.01. The minimum atomic E-state index is -0.668. The number of benzene rings is 2. The SMILES string of the molecule is COc1cc(/C=C2/C(=O)NN(c3ccccc3)C2=O)cc(Cl)c1OCC(N)=O. The maximum Gasteiger partial charge on any atom is 0.282 e. The van der Waals surface area contributed by atoms with Crippen molar-refractivity contribution in [1.82, 2.24) is 5.43 Å². The molecule has 0 aromatic heterocycles. The highest BCUT2D eigenvalue weighted by Gasteiger charge is 2.34. The lowest BCUT2D eigenvalue weighted by molar-refractivity contribution is -0.120. The van der Waals surface area contributed by atoms with E-state index in [9.17, 15) is 14.4 Å². The van der Waals surface area contributed by atoms with Crippen LogP contribution in [0.3, 0.4) is 0 Å². The van der Waals surface area contributed by atoms with Crippen LogP contribution < -0.4 is 25.6 Å². The monoisotopic (exact) mass is 401 g/mol.